The van der Waals surface area contributed by atoms with Gasteiger partial charge in [-0.2, -0.15) is 5.10 Å². The number of hydrogen-bond acceptors (Lipinski definition) is 2. The lowest BCUT2D eigenvalue weighted by atomic mass is 10.2. The molecule has 0 saturated heterocycles. The van der Waals surface area contributed by atoms with Crippen LogP contribution >= 0.6 is 11.6 Å². The third-order valence-corrected chi connectivity index (χ3v) is 3.08. The third-order valence-electron chi connectivity index (χ3n) is 2.85. The molecule has 1 aromatic carbocycles. The molecule has 94 valence electrons. The van der Waals surface area contributed by atoms with Crippen LogP contribution in [0.25, 0.3) is 0 Å². The number of benzene rings is 1. The van der Waals surface area contributed by atoms with Crippen molar-refractivity contribution in [2.45, 2.75) is 13.8 Å². The van der Waals surface area contributed by atoms with E-state index in [1.165, 1.54) is 0 Å². The molecule has 3 nitrogen and oxygen atoms in total. The molecule has 1 heterocycles. The maximum Gasteiger partial charge on any atom is 0.0812 e. The lowest BCUT2D eigenvalue weighted by Crippen LogP contribution is -2.05. The van der Waals surface area contributed by atoms with Gasteiger partial charge in [0, 0.05) is 18.3 Å². The molecule has 0 bridgehead atoms. The van der Waals surface area contributed by atoms with Crippen LogP contribution in [0.3, 0.4) is 0 Å². The predicted octanol–water partition coefficient (Wildman–Crippen LogP) is 3.82. The minimum atomic E-state index is 0.737. The van der Waals surface area contributed by atoms with Gasteiger partial charge >= 0.3 is 0 Å². The molecular formula is C14H16ClN3. The molecule has 0 fully saturated rings. The summed E-state index contributed by atoms with van der Waals surface area (Å²) in [5.74, 6) is 0. The van der Waals surface area contributed by atoms with Crippen molar-refractivity contribution in [2.75, 3.05) is 5.43 Å². The topological polar surface area (TPSA) is 29.3 Å². The van der Waals surface area contributed by atoms with Gasteiger partial charge in [-0.25, -0.2) is 0 Å². The van der Waals surface area contributed by atoms with Gasteiger partial charge < -0.3 is 4.57 Å². The summed E-state index contributed by atoms with van der Waals surface area (Å²) in [6, 6.07) is 9.73. The second kappa shape index (κ2) is 5.27. The highest BCUT2D eigenvalue weighted by Gasteiger charge is 2.02. The molecule has 1 N–H and O–H groups in total. The molecule has 0 radical (unpaired) electrons. The largest absolute Gasteiger partial charge is 0.350 e. The Morgan fingerprint density at radius 2 is 2.11 bits per heavy atom. The van der Waals surface area contributed by atoms with E-state index in [0.717, 1.165) is 27.7 Å². The maximum absolute atomic E-state index is 5.91. The van der Waals surface area contributed by atoms with Gasteiger partial charge in [0.05, 0.1) is 17.1 Å². The molecule has 0 atom stereocenters. The number of halogens is 1. The Hall–Kier alpha value is -1.74. The molecule has 0 aliphatic rings. The first-order valence-electron chi connectivity index (χ1n) is 5.76. The molecule has 2 rings (SSSR count). The first-order chi connectivity index (χ1) is 8.58. The van der Waals surface area contributed by atoms with Crippen LogP contribution in [-0.2, 0) is 7.05 Å². The molecule has 0 aliphatic carbocycles. The molecule has 4 heteroatoms. The molecule has 0 amide bonds. The number of nitrogens with zero attached hydrogens (tertiary/aromatic N) is 2. The Morgan fingerprint density at radius 1 is 1.33 bits per heavy atom. The SMILES string of the molecule is CC(=NNc1ccc(Cl)cc1C)c1cccn1C. The van der Waals surface area contributed by atoms with Gasteiger partial charge in [-0.05, 0) is 49.7 Å². The maximum atomic E-state index is 5.91. The summed E-state index contributed by atoms with van der Waals surface area (Å²) in [4.78, 5) is 0. The number of nitrogens with one attached hydrogen (secondary N) is 1. The van der Waals surface area contributed by atoms with Crippen molar-refractivity contribution < 1.29 is 0 Å². The summed E-state index contributed by atoms with van der Waals surface area (Å²) in [6.45, 7) is 3.98. The highest BCUT2D eigenvalue weighted by molar-refractivity contribution is 6.30. The van der Waals surface area contributed by atoms with Gasteiger partial charge in [0.15, 0.2) is 0 Å². The Balaban J connectivity index is 2.18. The molecular weight excluding hydrogens is 246 g/mol. The average Bonchev–Trinajstić information content (AvgIpc) is 2.74. The van der Waals surface area contributed by atoms with E-state index in [1.807, 2.05) is 62.0 Å². The monoisotopic (exact) mass is 261 g/mol. The van der Waals surface area contributed by atoms with Crippen LogP contribution < -0.4 is 5.43 Å². The van der Waals surface area contributed by atoms with Crippen molar-refractivity contribution in [1.29, 1.82) is 0 Å². The van der Waals surface area contributed by atoms with E-state index in [0.29, 0.717) is 0 Å². The normalized spacial score (nSPS) is 11.7. The van der Waals surface area contributed by atoms with Crippen molar-refractivity contribution >= 4 is 23.0 Å². The van der Waals surface area contributed by atoms with E-state index >= 15 is 0 Å². The Kier molecular flexibility index (Phi) is 3.72. The van der Waals surface area contributed by atoms with E-state index in [4.69, 9.17) is 11.6 Å². The van der Waals surface area contributed by atoms with Gasteiger partial charge in [0.2, 0.25) is 0 Å². The smallest absolute Gasteiger partial charge is 0.0812 e. The van der Waals surface area contributed by atoms with Crippen LogP contribution in [0.4, 0.5) is 5.69 Å². The molecule has 0 aliphatic heterocycles. The van der Waals surface area contributed by atoms with Gasteiger partial charge in [-0.3, -0.25) is 5.43 Å². The number of aromatic nitrogens is 1. The number of anilines is 1. The minimum absolute atomic E-state index is 0.737. The summed E-state index contributed by atoms with van der Waals surface area (Å²) in [7, 11) is 2.00. The van der Waals surface area contributed by atoms with E-state index in [2.05, 4.69) is 10.5 Å². The van der Waals surface area contributed by atoms with Crippen LogP contribution in [0.1, 0.15) is 18.2 Å². The molecule has 0 saturated carbocycles. The zero-order chi connectivity index (χ0) is 13.1. The molecule has 1 aromatic heterocycles. The predicted molar refractivity (Wildman–Crippen MR) is 77.4 cm³/mol. The van der Waals surface area contributed by atoms with E-state index in [-0.39, 0.29) is 0 Å². The second-order valence-corrected chi connectivity index (χ2v) is 4.71. The van der Waals surface area contributed by atoms with Crippen LogP contribution in [0.5, 0.6) is 0 Å². The third kappa shape index (κ3) is 2.74. The van der Waals surface area contributed by atoms with Crippen LogP contribution in [0.2, 0.25) is 5.02 Å². The lowest BCUT2D eigenvalue weighted by Gasteiger charge is -2.07. The first-order valence-corrected chi connectivity index (χ1v) is 6.14. The summed E-state index contributed by atoms with van der Waals surface area (Å²) in [6.07, 6.45) is 2.00. The highest BCUT2D eigenvalue weighted by atomic mass is 35.5. The van der Waals surface area contributed by atoms with Gasteiger partial charge in [0.25, 0.3) is 0 Å². The second-order valence-electron chi connectivity index (χ2n) is 4.27. The summed E-state index contributed by atoms with van der Waals surface area (Å²) >= 11 is 5.91. The standard InChI is InChI=1S/C14H16ClN3/c1-10-9-12(15)6-7-13(10)17-16-11(2)14-5-4-8-18(14)3/h4-9,17H,1-3H3. The fraction of sp³-hybridized carbons (Fsp3) is 0.214. The average molecular weight is 262 g/mol. The van der Waals surface area contributed by atoms with Crippen molar-refractivity contribution in [3.8, 4) is 0 Å². The number of rotatable bonds is 3. The van der Waals surface area contributed by atoms with Crippen molar-refractivity contribution in [1.82, 2.24) is 4.57 Å². The van der Waals surface area contributed by atoms with Crippen LogP contribution in [0, 0.1) is 6.92 Å². The fourth-order valence-electron chi connectivity index (χ4n) is 1.79. The number of aryl methyl sites for hydroxylation is 2. The molecule has 2 aromatic rings. The zero-order valence-corrected chi connectivity index (χ0v) is 11.5. The van der Waals surface area contributed by atoms with Crippen molar-refractivity contribution in [2.24, 2.45) is 12.1 Å². The quantitative estimate of drug-likeness (QED) is 0.660. The number of hydrogen-bond donors (Lipinski definition) is 1. The van der Waals surface area contributed by atoms with Gasteiger partial charge in [-0.1, -0.05) is 11.6 Å². The molecule has 0 spiro atoms. The van der Waals surface area contributed by atoms with Gasteiger partial charge in [0.1, 0.15) is 0 Å². The minimum Gasteiger partial charge on any atom is -0.350 e. The van der Waals surface area contributed by atoms with Crippen molar-refractivity contribution in [3.63, 3.8) is 0 Å². The Labute approximate surface area is 112 Å². The lowest BCUT2D eigenvalue weighted by molar-refractivity contribution is 0.913. The number of hydrazone groups is 1. The van der Waals surface area contributed by atoms with Gasteiger partial charge in [-0.15, -0.1) is 0 Å². The summed E-state index contributed by atoms with van der Waals surface area (Å²) in [5, 5.41) is 5.13. The van der Waals surface area contributed by atoms with E-state index < -0.39 is 0 Å². The van der Waals surface area contributed by atoms with Crippen LogP contribution in [0.15, 0.2) is 41.6 Å². The molecule has 18 heavy (non-hydrogen) atoms. The Bertz CT molecular complexity index is 584. The first kappa shape index (κ1) is 12.7. The molecule has 0 unspecified atom stereocenters. The zero-order valence-electron chi connectivity index (χ0n) is 10.7. The fourth-order valence-corrected chi connectivity index (χ4v) is 2.02. The summed E-state index contributed by atoms with van der Waals surface area (Å²) < 4.78 is 2.04. The van der Waals surface area contributed by atoms with E-state index in [1.54, 1.807) is 0 Å². The Morgan fingerprint density at radius 3 is 2.72 bits per heavy atom. The highest BCUT2D eigenvalue weighted by Crippen LogP contribution is 2.19. The van der Waals surface area contributed by atoms with Crippen molar-refractivity contribution in [3.05, 3.63) is 52.8 Å². The van der Waals surface area contributed by atoms with E-state index in [9.17, 15) is 0 Å². The summed E-state index contributed by atoms with van der Waals surface area (Å²) in [5.41, 5.74) is 7.15. The van der Waals surface area contributed by atoms with Crippen LogP contribution in [-0.4, -0.2) is 10.3 Å².